The van der Waals surface area contributed by atoms with Gasteiger partial charge >= 0.3 is 0 Å². The predicted octanol–water partition coefficient (Wildman–Crippen LogP) is -0.376. The van der Waals surface area contributed by atoms with Gasteiger partial charge in [-0.05, 0) is 12.1 Å². The normalized spacial score (nSPS) is 15.4. The first-order valence-electron chi connectivity index (χ1n) is 6.61. The van der Waals surface area contributed by atoms with Crippen molar-refractivity contribution in [3.63, 3.8) is 0 Å². The lowest BCUT2D eigenvalue weighted by Gasteiger charge is -2.19. The first-order chi connectivity index (χ1) is 10.2. The summed E-state index contributed by atoms with van der Waals surface area (Å²) < 4.78 is 1.52. The Labute approximate surface area is 120 Å². The molecule has 21 heavy (non-hydrogen) atoms. The summed E-state index contributed by atoms with van der Waals surface area (Å²) in [5.74, 6) is 0.450. The molecule has 0 atom stereocenters. The zero-order valence-electron chi connectivity index (χ0n) is 11.3. The van der Waals surface area contributed by atoms with E-state index in [1.54, 1.807) is 17.0 Å². The number of carbonyl (C=O) groups excluding carboxylic acids is 2. The number of aromatic nitrogens is 4. The molecule has 0 saturated carbocycles. The van der Waals surface area contributed by atoms with Crippen molar-refractivity contribution in [2.24, 2.45) is 0 Å². The maximum absolute atomic E-state index is 12.4. The average Bonchev–Trinajstić information content (AvgIpc) is 2.96. The van der Waals surface area contributed by atoms with E-state index in [9.17, 15) is 9.59 Å². The summed E-state index contributed by atoms with van der Waals surface area (Å²) in [5, 5.41) is 6.72. The first-order valence-corrected chi connectivity index (χ1v) is 6.61. The SMILES string of the molecule is O=C1CCN(C(=O)c2ccc(-n3cncn3)nc2)CCN1. The van der Waals surface area contributed by atoms with Gasteiger partial charge in [-0.15, -0.1) is 0 Å². The molecular weight excluding hydrogens is 272 g/mol. The summed E-state index contributed by atoms with van der Waals surface area (Å²) in [6, 6.07) is 3.41. The quantitative estimate of drug-likeness (QED) is 0.812. The van der Waals surface area contributed by atoms with E-state index in [1.165, 1.54) is 23.5 Å². The lowest BCUT2D eigenvalue weighted by Crippen LogP contribution is -2.34. The highest BCUT2D eigenvalue weighted by molar-refractivity contribution is 5.94. The molecule has 1 aliphatic heterocycles. The van der Waals surface area contributed by atoms with Crippen LogP contribution in [0.25, 0.3) is 5.82 Å². The standard InChI is InChI=1S/C13H14N6O2/c20-12-3-5-18(6-4-15-12)13(21)10-1-2-11(16-7-10)19-9-14-8-17-19/h1-2,7-9H,3-6H2,(H,15,20). The third-order valence-corrected chi connectivity index (χ3v) is 3.25. The van der Waals surface area contributed by atoms with E-state index in [0.29, 0.717) is 37.4 Å². The van der Waals surface area contributed by atoms with Crippen LogP contribution in [0.5, 0.6) is 0 Å². The Kier molecular flexibility index (Phi) is 3.59. The van der Waals surface area contributed by atoms with Gasteiger partial charge in [-0.1, -0.05) is 0 Å². The van der Waals surface area contributed by atoms with E-state index in [0.717, 1.165) is 0 Å². The van der Waals surface area contributed by atoms with Crippen LogP contribution in [0.1, 0.15) is 16.8 Å². The van der Waals surface area contributed by atoms with Crippen LogP contribution in [-0.2, 0) is 4.79 Å². The molecule has 2 aromatic rings. The Balaban J connectivity index is 1.74. The van der Waals surface area contributed by atoms with Crippen LogP contribution < -0.4 is 5.32 Å². The smallest absolute Gasteiger partial charge is 0.255 e. The molecule has 108 valence electrons. The van der Waals surface area contributed by atoms with Crippen molar-refractivity contribution >= 4 is 11.8 Å². The molecule has 0 aliphatic carbocycles. The van der Waals surface area contributed by atoms with Crippen molar-refractivity contribution in [2.45, 2.75) is 6.42 Å². The van der Waals surface area contributed by atoms with Gasteiger partial charge in [0, 0.05) is 32.3 Å². The summed E-state index contributed by atoms with van der Waals surface area (Å²) in [5.41, 5.74) is 0.494. The Morgan fingerprint density at radius 2 is 2.19 bits per heavy atom. The van der Waals surface area contributed by atoms with Gasteiger partial charge < -0.3 is 10.2 Å². The molecule has 0 unspecified atom stereocenters. The molecule has 2 amide bonds. The third kappa shape index (κ3) is 2.88. The van der Waals surface area contributed by atoms with Crippen LogP contribution in [0.2, 0.25) is 0 Å². The minimum atomic E-state index is -0.121. The van der Waals surface area contributed by atoms with Gasteiger partial charge in [0.05, 0.1) is 5.56 Å². The fourth-order valence-electron chi connectivity index (χ4n) is 2.13. The van der Waals surface area contributed by atoms with Crippen molar-refractivity contribution in [1.29, 1.82) is 0 Å². The molecule has 0 aromatic carbocycles. The number of amides is 2. The Bertz CT molecular complexity index is 637. The van der Waals surface area contributed by atoms with Gasteiger partial charge in [0.1, 0.15) is 12.7 Å². The largest absolute Gasteiger partial charge is 0.354 e. The van der Waals surface area contributed by atoms with Crippen LogP contribution in [0.4, 0.5) is 0 Å². The second-order valence-corrected chi connectivity index (χ2v) is 4.64. The summed E-state index contributed by atoms with van der Waals surface area (Å²) in [7, 11) is 0. The summed E-state index contributed by atoms with van der Waals surface area (Å²) in [6.45, 7) is 1.42. The molecule has 1 N–H and O–H groups in total. The first kappa shape index (κ1) is 13.2. The number of rotatable bonds is 2. The third-order valence-electron chi connectivity index (χ3n) is 3.25. The number of nitrogens with zero attached hydrogens (tertiary/aromatic N) is 5. The Hall–Kier alpha value is -2.77. The highest BCUT2D eigenvalue weighted by Crippen LogP contribution is 2.08. The molecular formula is C13H14N6O2. The van der Waals surface area contributed by atoms with Crippen LogP contribution in [0.3, 0.4) is 0 Å². The number of hydrogen-bond acceptors (Lipinski definition) is 5. The second kappa shape index (κ2) is 5.70. The van der Waals surface area contributed by atoms with Crippen molar-refractivity contribution < 1.29 is 9.59 Å². The summed E-state index contributed by atoms with van der Waals surface area (Å²) >= 11 is 0. The molecule has 1 saturated heterocycles. The molecule has 8 nitrogen and oxygen atoms in total. The van der Waals surface area contributed by atoms with E-state index in [1.807, 2.05) is 0 Å². The Morgan fingerprint density at radius 3 is 2.90 bits per heavy atom. The average molecular weight is 286 g/mol. The van der Waals surface area contributed by atoms with Crippen LogP contribution in [0, 0.1) is 0 Å². The zero-order chi connectivity index (χ0) is 14.7. The molecule has 8 heteroatoms. The van der Waals surface area contributed by atoms with Crippen LogP contribution in [-0.4, -0.2) is 56.1 Å². The fourth-order valence-corrected chi connectivity index (χ4v) is 2.13. The maximum atomic E-state index is 12.4. The van der Waals surface area contributed by atoms with Crippen LogP contribution >= 0.6 is 0 Å². The topological polar surface area (TPSA) is 93.0 Å². The van der Waals surface area contributed by atoms with Gasteiger partial charge in [0.25, 0.3) is 5.91 Å². The molecule has 0 radical (unpaired) electrons. The minimum Gasteiger partial charge on any atom is -0.354 e. The lowest BCUT2D eigenvalue weighted by atomic mass is 10.2. The molecule has 0 spiro atoms. The molecule has 1 aliphatic rings. The number of nitrogens with one attached hydrogen (secondary N) is 1. The maximum Gasteiger partial charge on any atom is 0.255 e. The summed E-state index contributed by atoms with van der Waals surface area (Å²) in [6.07, 6.45) is 4.80. The van der Waals surface area contributed by atoms with E-state index < -0.39 is 0 Å². The van der Waals surface area contributed by atoms with Gasteiger partial charge in [-0.25, -0.2) is 14.6 Å². The van der Waals surface area contributed by atoms with Crippen molar-refractivity contribution in [3.05, 3.63) is 36.5 Å². The van der Waals surface area contributed by atoms with Crippen molar-refractivity contribution in [2.75, 3.05) is 19.6 Å². The van der Waals surface area contributed by atoms with Gasteiger partial charge in [0.2, 0.25) is 5.91 Å². The molecule has 0 bridgehead atoms. The van der Waals surface area contributed by atoms with E-state index in [-0.39, 0.29) is 11.8 Å². The molecule has 3 rings (SSSR count). The minimum absolute atomic E-state index is 0.0232. The van der Waals surface area contributed by atoms with Crippen molar-refractivity contribution in [3.8, 4) is 5.82 Å². The molecule has 2 aromatic heterocycles. The fraction of sp³-hybridized carbons (Fsp3) is 0.308. The van der Waals surface area contributed by atoms with E-state index >= 15 is 0 Å². The molecule has 1 fully saturated rings. The second-order valence-electron chi connectivity index (χ2n) is 4.64. The highest BCUT2D eigenvalue weighted by Gasteiger charge is 2.19. The monoisotopic (exact) mass is 286 g/mol. The van der Waals surface area contributed by atoms with Gasteiger partial charge in [-0.2, -0.15) is 5.10 Å². The van der Waals surface area contributed by atoms with Gasteiger partial charge in [0.15, 0.2) is 5.82 Å². The number of hydrogen-bond donors (Lipinski definition) is 1. The van der Waals surface area contributed by atoms with E-state index in [4.69, 9.17) is 0 Å². The van der Waals surface area contributed by atoms with Crippen molar-refractivity contribution in [1.82, 2.24) is 30.0 Å². The lowest BCUT2D eigenvalue weighted by molar-refractivity contribution is -0.120. The highest BCUT2D eigenvalue weighted by atomic mass is 16.2. The summed E-state index contributed by atoms with van der Waals surface area (Å²) in [4.78, 5) is 33.4. The predicted molar refractivity (Wildman–Crippen MR) is 72.7 cm³/mol. The zero-order valence-corrected chi connectivity index (χ0v) is 11.3. The number of carbonyl (C=O) groups is 2. The molecule has 3 heterocycles. The van der Waals surface area contributed by atoms with Crippen LogP contribution in [0.15, 0.2) is 31.0 Å². The van der Waals surface area contributed by atoms with E-state index in [2.05, 4.69) is 20.4 Å². The Morgan fingerprint density at radius 1 is 1.29 bits per heavy atom. The van der Waals surface area contributed by atoms with Gasteiger partial charge in [-0.3, -0.25) is 9.59 Å². The number of pyridine rings is 1.